The fourth-order valence-electron chi connectivity index (χ4n) is 2.93. The number of hydrogen-bond donors (Lipinski definition) is 1. The van der Waals surface area contributed by atoms with Crippen molar-refractivity contribution < 1.29 is 27.1 Å². The largest absolute Gasteiger partial charge is 0.497 e. The number of rotatable bonds is 5. The molecule has 0 aliphatic rings. The molecule has 3 heterocycles. The number of fused-ring (bicyclic) bond motifs is 1. The lowest BCUT2D eigenvalue weighted by molar-refractivity contribution is -0.142. The summed E-state index contributed by atoms with van der Waals surface area (Å²) >= 11 is 6.23. The first-order valence-corrected chi connectivity index (χ1v) is 9.27. The molecule has 4 aromatic rings. The Morgan fingerprint density at radius 2 is 2.06 bits per heavy atom. The van der Waals surface area contributed by atoms with Crippen LogP contribution in [0.4, 0.5) is 13.2 Å². The second-order valence-electron chi connectivity index (χ2n) is 6.42. The average Bonchev–Trinajstić information content (AvgIpc) is 3.39. The molecule has 0 bridgehead atoms. The van der Waals surface area contributed by atoms with Crippen LogP contribution in [0.25, 0.3) is 16.9 Å². The number of nitrogens with one attached hydrogen (secondary N) is 1. The minimum Gasteiger partial charge on any atom is -0.497 e. The molecule has 0 saturated carbocycles. The van der Waals surface area contributed by atoms with E-state index in [1.165, 1.54) is 13.4 Å². The molecule has 3 aromatic heterocycles. The first-order chi connectivity index (χ1) is 14.8. The topological polar surface area (TPSA) is 81.7 Å². The van der Waals surface area contributed by atoms with Gasteiger partial charge in [-0.25, -0.2) is 9.50 Å². The molecule has 0 fully saturated rings. The van der Waals surface area contributed by atoms with Crippen LogP contribution in [-0.2, 0) is 12.7 Å². The number of ether oxygens (including phenoxy) is 1. The molecule has 1 N–H and O–H groups in total. The number of carbonyl (C=O) groups excluding carboxylic acids is 1. The standard InChI is InChI=1S/C20H14ClF3N4O3/c1-30-12-5-2-4-11(8-12)14-9-15(20(22,23)24)28-18(26-14)16(21)17(27-28)19(29)25-10-13-6-3-7-31-13/h2-9H,10H2,1H3,(H,25,29). The van der Waals surface area contributed by atoms with E-state index in [0.717, 1.165) is 6.07 Å². The second kappa shape index (κ2) is 7.95. The molecule has 4 rings (SSSR count). The van der Waals surface area contributed by atoms with Crippen LogP contribution in [0.3, 0.4) is 0 Å². The highest BCUT2D eigenvalue weighted by Gasteiger charge is 2.36. The van der Waals surface area contributed by atoms with Gasteiger partial charge in [0.2, 0.25) is 0 Å². The zero-order valence-corrected chi connectivity index (χ0v) is 16.7. The normalized spacial score (nSPS) is 11.6. The molecule has 1 aromatic carbocycles. The predicted molar refractivity (Wildman–Crippen MR) is 105 cm³/mol. The van der Waals surface area contributed by atoms with Crippen LogP contribution in [-0.4, -0.2) is 27.6 Å². The molecule has 0 radical (unpaired) electrons. The third-order valence-electron chi connectivity index (χ3n) is 4.41. The molecule has 7 nitrogen and oxygen atoms in total. The van der Waals surface area contributed by atoms with E-state index in [2.05, 4.69) is 15.4 Å². The van der Waals surface area contributed by atoms with Gasteiger partial charge in [0.1, 0.15) is 16.5 Å². The summed E-state index contributed by atoms with van der Waals surface area (Å²) in [6.45, 7) is 0.0185. The van der Waals surface area contributed by atoms with E-state index in [1.807, 2.05) is 0 Å². The number of carbonyl (C=O) groups is 1. The van der Waals surface area contributed by atoms with Crippen molar-refractivity contribution in [3.05, 3.63) is 70.9 Å². The van der Waals surface area contributed by atoms with E-state index >= 15 is 0 Å². The van der Waals surface area contributed by atoms with Gasteiger partial charge in [0.05, 0.1) is 25.6 Å². The summed E-state index contributed by atoms with van der Waals surface area (Å²) in [5, 5.41) is 5.99. The van der Waals surface area contributed by atoms with Crippen molar-refractivity contribution in [2.45, 2.75) is 12.7 Å². The monoisotopic (exact) mass is 450 g/mol. The van der Waals surface area contributed by atoms with Gasteiger partial charge in [-0.05, 0) is 30.3 Å². The summed E-state index contributed by atoms with van der Waals surface area (Å²) in [5.74, 6) is 0.149. The molecule has 0 saturated heterocycles. The molecule has 0 aliphatic carbocycles. The fourth-order valence-corrected chi connectivity index (χ4v) is 3.18. The van der Waals surface area contributed by atoms with Gasteiger partial charge in [-0.2, -0.15) is 18.3 Å². The number of amides is 1. The molecule has 1 amide bonds. The van der Waals surface area contributed by atoms with Crippen molar-refractivity contribution in [1.82, 2.24) is 19.9 Å². The zero-order valence-electron chi connectivity index (χ0n) is 15.9. The molecule has 31 heavy (non-hydrogen) atoms. The number of methoxy groups -OCH3 is 1. The highest BCUT2D eigenvalue weighted by atomic mass is 35.5. The lowest BCUT2D eigenvalue weighted by atomic mass is 10.1. The number of furan rings is 1. The van der Waals surface area contributed by atoms with Gasteiger partial charge < -0.3 is 14.5 Å². The number of aromatic nitrogens is 3. The Hall–Kier alpha value is -3.53. The first kappa shape index (κ1) is 20.7. The van der Waals surface area contributed by atoms with Gasteiger partial charge in [0.25, 0.3) is 5.91 Å². The Kier molecular flexibility index (Phi) is 5.32. The van der Waals surface area contributed by atoms with Gasteiger partial charge >= 0.3 is 6.18 Å². The van der Waals surface area contributed by atoms with Gasteiger partial charge in [-0.1, -0.05) is 23.7 Å². The highest BCUT2D eigenvalue weighted by molar-refractivity contribution is 6.36. The maximum Gasteiger partial charge on any atom is 0.433 e. The maximum atomic E-state index is 13.8. The molecule has 160 valence electrons. The van der Waals surface area contributed by atoms with Crippen LogP contribution in [0.2, 0.25) is 5.02 Å². The SMILES string of the molecule is COc1cccc(-c2cc(C(F)(F)F)n3nc(C(=O)NCc4ccco4)c(Cl)c3n2)c1. The van der Waals surface area contributed by atoms with E-state index in [-0.39, 0.29) is 28.6 Å². The number of benzene rings is 1. The van der Waals surface area contributed by atoms with Crippen molar-refractivity contribution in [2.24, 2.45) is 0 Å². The lowest BCUT2D eigenvalue weighted by Gasteiger charge is -2.11. The van der Waals surface area contributed by atoms with Crippen LogP contribution in [0, 0.1) is 0 Å². The van der Waals surface area contributed by atoms with Gasteiger partial charge in [0, 0.05) is 5.56 Å². The maximum absolute atomic E-state index is 13.8. The number of nitrogens with zero attached hydrogens (tertiary/aromatic N) is 3. The van der Waals surface area contributed by atoms with Crippen molar-refractivity contribution in [1.29, 1.82) is 0 Å². The third kappa shape index (κ3) is 4.06. The van der Waals surface area contributed by atoms with Crippen molar-refractivity contribution >= 4 is 23.2 Å². The minimum absolute atomic E-state index is 0.00284. The summed E-state index contributed by atoms with van der Waals surface area (Å²) < 4.78 is 52.1. The van der Waals surface area contributed by atoms with E-state index in [1.54, 1.807) is 36.4 Å². The van der Waals surface area contributed by atoms with Crippen LogP contribution < -0.4 is 10.1 Å². The predicted octanol–water partition coefficient (Wildman–Crippen LogP) is 4.60. The summed E-state index contributed by atoms with van der Waals surface area (Å²) in [6.07, 6.45) is -3.34. The van der Waals surface area contributed by atoms with Gasteiger partial charge in [-0.15, -0.1) is 0 Å². The second-order valence-corrected chi connectivity index (χ2v) is 6.79. The smallest absolute Gasteiger partial charge is 0.433 e. The molecule has 0 atom stereocenters. The quantitative estimate of drug-likeness (QED) is 0.480. The zero-order chi connectivity index (χ0) is 22.2. The molecule has 0 aliphatic heterocycles. The van der Waals surface area contributed by atoms with Crippen LogP contribution >= 0.6 is 11.6 Å². The summed E-state index contributed by atoms with van der Waals surface area (Å²) in [5.41, 5.74) is -1.41. The molecule has 11 heteroatoms. The Balaban J connectivity index is 1.81. The Morgan fingerprint density at radius 1 is 1.26 bits per heavy atom. The van der Waals surface area contributed by atoms with E-state index in [0.29, 0.717) is 21.6 Å². The van der Waals surface area contributed by atoms with E-state index in [9.17, 15) is 18.0 Å². The number of halogens is 4. The number of hydrogen-bond acceptors (Lipinski definition) is 5. The van der Waals surface area contributed by atoms with E-state index in [4.69, 9.17) is 20.8 Å². The van der Waals surface area contributed by atoms with Crippen molar-refractivity contribution in [2.75, 3.05) is 7.11 Å². The summed E-state index contributed by atoms with van der Waals surface area (Å²) in [6, 6.07) is 10.5. The van der Waals surface area contributed by atoms with Crippen LogP contribution in [0.15, 0.2) is 53.1 Å². The number of alkyl halides is 3. The molecule has 0 spiro atoms. The molecular weight excluding hydrogens is 437 g/mol. The minimum atomic E-state index is -4.77. The van der Waals surface area contributed by atoms with Crippen LogP contribution in [0.1, 0.15) is 21.9 Å². The Labute approximate surface area is 178 Å². The summed E-state index contributed by atoms with van der Waals surface area (Å²) in [4.78, 5) is 16.7. The van der Waals surface area contributed by atoms with E-state index < -0.39 is 17.8 Å². The van der Waals surface area contributed by atoms with Crippen molar-refractivity contribution in [3.63, 3.8) is 0 Å². The first-order valence-electron chi connectivity index (χ1n) is 8.89. The lowest BCUT2D eigenvalue weighted by Crippen LogP contribution is -2.23. The average molecular weight is 451 g/mol. The third-order valence-corrected chi connectivity index (χ3v) is 4.76. The highest BCUT2D eigenvalue weighted by Crippen LogP contribution is 2.35. The molecular formula is C20H14ClF3N4O3. The van der Waals surface area contributed by atoms with Crippen LogP contribution in [0.5, 0.6) is 5.75 Å². The Bertz CT molecular complexity index is 1250. The Morgan fingerprint density at radius 3 is 2.74 bits per heavy atom. The van der Waals surface area contributed by atoms with Gasteiger partial charge in [-0.3, -0.25) is 4.79 Å². The molecule has 0 unspecified atom stereocenters. The van der Waals surface area contributed by atoms with Gasteiger partial charge in [0.15, 0.2) is 17.0 Å². The fraction of sp³-hybridized carbons (Fsp3) is 0.150. The summed E-state index contributed by atoms with van der Waals surface area (Å²) in [7, 11) is 1.44. The van der Waals surface area contributed by atoms with Crippen molar-refractivity contribution in [3.8, 4) is 17.0 Å².